The number of nitrogens with one attached hydrogen (secondary N) is 1. The first-order valence-corrected chi connectivity index (χ1v) is 4.54. The summed E-state index contributed by atoms with van der Waals surface area (Å²) >= 11 is 0. The van der Waals surface area contributed by atoms with Crippen molar-refractivity contribution < 1.29 is 4.42 Å². The highest BCUT2D eigenvalue weighted by molar-refractivity contribution is 5.60. The summed E-state index contributed by atoms with van der Waals surface area (Å²) < 4.78 is 5.29. The fourth-order valence-corrected chi connectivity index (χ4v) is 1.39. The Morgan fingerprint density at radius 2 is 2.07 bits per heavy atom. The number of rotatable bonds is 3. The summed E-state index contributed by atoms with van der Waals surface area (Å²) in [6.07, 6.45) is 1.48. The van der Waals surface area contributed by atoms with Gasteiger partial charge in [0.25, 0.3) is 0 Å². The lowest BCUT2D eigenvalue weighted by atomic mass is 10.1. The Morgan fingerprint density at radius 1 is 1.29 bits per heavy atom. The topological polar surface area (TPSA) is 38.1 Å². The summed E-state index contributed by atoms with van der Waals surface area (Å²) in [4.78, 5) is 4.20. The molecule has 1 N–H and O–H groups in total. The Hall–Kier alpha value is -1.61. The van der Waals surface area contributed by atoms with Gasteiger partial charge in [-0.15, -0.1) is 0 Å². The molecule has 0 aliphatic heterocycles. The van der Waals surface area contributed by atoms with E-state index in [1.165, 1.54) is 6.39 Å². The molecule has 2 rings (SSSR count). The second kappa shape index (κ2) is 4.07. The van der Waals surface area contributed by atoms with Crippen LogP contribution in [0, 0.1) is 0 Å². The third kappa shape index (κ3) is 1.67. The number of oxazole rings is 1. The zero-order chi connectivity index (χ0) is 9.80. The molecule has 0 radical (unpaired) electrons. The van der Waals surface area contributed by atoms with Crippen LogP contribution < -0.4 is 5.32 Å². The van der Waals surface area contributed by atoms with Crippen molar-refractivity contribution in [2.24, 2.45) is 0 Å². The van der Waals surface area contributed by atoms with E-state index in [9.17, 15) is 0 Å². The van der Waals surface area contributed by atoms with Gasteiger partial charge >= 0.3 is 0 Å². The maximum Gasteiger partial charge on any atom is 0.181 e. The van der Waals surface area contributed by atoms with Gasteiger partial charge in [0.1, 0.15) is 11.5 Å². The van der Waals surface area contributed by atoms with Crippen molar-refractivity contribution in [2.75, 3.05) is 7.05 Å². The zero-order valence-electron chi connectivity index (χ0n) is 8.03. The molecule has 1 aromatic heterocycles. The minimum Gasteiger partial charge on any atom is -0.446 e. The largest absolute Gasteiger partial charge is 0.446 e. The van der Waals surface area contributed by atoms with Gasteiger partial charge in [-0.05, 0) is 7.05 Å². The Balaban J connectivity index is 2.37. The average molecular weight is 188 g/mol. The fraction of sp³-hybridized carbons (Fsp3) is 0.182. The predicted octanol–water partition coefficient (Wildman–Crippen LogP) is 2.06. The van der Waals surface area contributed by atoms with E-state index in [0.29, 0.717) is 6.54 Å². The van der Waals surface area contributed by atoms with Gasteiger partial charge < -0.3 is 9.73 Å². The van der Waals surface area contributed by atoms with Crippen LogP contribution in [0.2, 0.25) is 0 Å². The predicted molar refractivity (Wildman–Crippen MR) is 54.7 cm³/mol. The zero-order valence-corrected chi connectivity index (χ0v) is 8.03. The molecule has 0 saturated heterocycles. The average Bonchev–Trinajstić information content (AvgIpc) is 2.68. The van der Waals surface area contributed by atoms with Crippen molar-refractivity contribution in [1.29, 1.82) is 0 Å². The first-order chi connectivity index (χ1) is 6.92. The van der Waals surface area contributed by atoms with Crippen LogP contribution in [-0.4, -0.2) is 12.0 Å². The molecule has 0 spiro atoms. The minimum atomic E-state index is 0.699. The van der Waals surface area contributed by atoms with Crippen LogP contribution in [0.4, 0.5) is 0 Å². The SMILES string of the molecule is CNCc1ocnc1-c1ccccc1. The monoisotopic (exact) mass is 188 g/mol. The summed E-state index contributed by atoms with van der Waals surface area (Å²) in [5, 5.41) is 3.05. The van der Waals surface area contributed by atoms with Gasteiger partial charge in [-0.25, -0.2) is 4.98 Å². The van der Waals surface area contributed by atoms with Crippen molar-refractivity contribution in [3.8, 4) is 11.3 Å². The highest BCUT2D eigenvalue weighted by atomic mass is 16.3. The molecule has 1 heterocycles. The van der Waals surface area contributed by atoms with Crippen molar-refractivity contribution in [3.05, 3.63) is 42.5 Å². The minimum absolute atomic E-state index is 0.699. The van der Waals surface area contributed by atoms with E-state index in [0.717, 1.165) is 17.0 Å². The number of aromatic nitrogens is 1. The van der Waals surface area contributed by atoms with Crippen molar-refractivity contribution in [2.45, 2.75) is 6.54 Å². The van der Waals surface area contributed by atoms with E-state index in [2.05, 4.69) is 10.3 Å². The van der Waals surface area contributed by atoms with Gasteiger partial charge in [0.15, 0.2) is 6.39 Å². The highest BCUT2D eigenvalue weighted by Gasteiger charge is 2.08. The lowest BCUT2D eigenvalue weighted by molar-refractivity contribution is 0.491. The van der Waals surface area contributed by atoms with E-state index >= 15 is 0 Å². The molecular weight excluding hydrogens is 176 g/mol. The number of hydrogen-bond acceptors (Lipinski definition) is 3. The van der Waals surface area contributed by atoms with Gasteiger partial charge in [0.05, 0.1) is 6.54 Å². The Morgan fingerprint density at radius 3 is 2.79 bits per heavy atom. The molecule has 0 unspecified atom stereocenters. The van der Waals surface area contributed by atoms with Gasteiger partial charge in [0, 0.05) is 5.56 Å². The number of benzene rings is 1. The second-order valence-corrected chi connectivity index (χ2v) is 3.02. The molecule has 0 bridgehead atoms. The molecule has 72 valence electrons. The molecule has 3 heteroatoms. The highest BCUT2D eigenvalue weighted by Crippen LogP contribution is 2.21. The molecule has 3 nitrogen and oxygen atoms in total. The summed E-state index contributed by atoms with van der Waals surface area (Å²) in [5.74, 6) is 0.874. The molecule has 0 atom stereocenters. The van der Waals surface area contributed by atoms with E-state index in [-0.39, 0.29) is 0 Å². The van der Waals surface area contributed by atoms with Gasteiger partial charge in [-0.1, -0.05) is 30.3 Å². The Bertz CT molecular complexity index is 395. The first kappa shape index (κ1) is 8.97. The van der Waals surface area contributed by atoms with Gasteiger partial charge in [-0.3, -0.25) is 0 Å². The first-order valence-electron chi connectivity index (χ1n) is 4.54. The van der Waals surface area contributed by atoms with E-state index < -0.39 is 0 Å². The molecule has 1 aromatic carbocycles. The molecule has 14 heavy (non-hydrogen) atoms. The third-order valence-electron chi connectivity index (χ3n) is 2.03. The summed E-state index contributed by atoms with van der Waals surface area (Å²) in [6.45, 7) is 0.699. The van der Waals surface area contributed by atoms with Crippen LogP contribution in [-0.2, 0) is 6.54 Å². The Labute approximate surface area is 82.8 Å². The number of hydrogen-bond donors (Lipinski definition) is 1. The van der Waals surface area contributed by atoms with Crippen LogP contribution >= 0.6 is 0 Å². The van der Waals surface area contributed by atoms with Crippen LogP contribution in [0.3, 0.4) is 0 Å². The van der Waals surface area contributed by atoms with Crippen molar-refractivity contribution in [1.82, 2.24) is 10.3 Å². The third-order valence-corrected chi connectivity index (χ3v) is 2.03. The molecule has 0 fully saturated rings. The smallest absolute Gasteiger partial charge is 0.181 e. The lowest BCUT2D eigenvalue weighted by Crippen LogP contribution is -2.05. The molecule has 2 aromatic rings. The molecule has 0 aliphatic carbocycles. The van der Waals surface area contributed by atoms with Crippen LogP contribution in [0.5, 0.6) is 0 Å². The number of nitrogens with zero attached hydrogens (tertiary/aromatic N) is 1. The van der Waals surface area contributed by atoms with Crippen LogP contribution in [0.15, 0.2) is 41.1 Å². The van der Waals surface area contributed by atoms with Crippen LogP contribution in [0.1, 0.15) is 5.76 Å². The van der Waals surface area contributed by atoms with E-state index in [1.54, 1.807) is 0 Å². The van der Waals surface area contributed by atoms with E-state index in [4.69, 9.17) is 4.42 Å². The summed E-state index contributed by atoms with van der Waals surface area (Å²) in [6, 6.07) is 10.0. The summed E-state index contributed by atoms with van der Waals surface area (Å²) in [7, 11) is 1.89. The second-order valence-electron chi connectivity index (χ2n) is 3.02. The quantitative estimate of drug-likeness (QED) is 0.801. The Kier molecular flexibility index (Phi) is 2.60. The van der Waals surface area contributed by atoms with Crippen molar-refractivity contribution >= 4 is 0 Å². The molecule has 0 aliphatic rings. The molecular formula is C11H12N2O. The van der Waals surface area contributed by atoms with Gasteiger partial charge in [0.2, 0.25) is 0 Å². The summed E-state index contributed by atoms with van der Waals surface area (Å²) in [5.41, 5.74) is 2.01. The lowest BCUT2D eigenvalue weighted by Gasteiger charge is -1.99. The molecule has 0 saturated carbocycles. The van der Waals surface area contributed by atoms with E-state index in [1.807, 2.05) is 37.4 Å². The maximum absolute atomic E-state index is 5.29. The fourth-order valence-electron chi connectivity index (χ4n) is 1.39. The normalized spacial score (nSPS) is 10.4. The van der Waals surface area contributed by atoms with Gasteiger partial charge in [-0.2, -0.15) is 0 Å². The standard InChI is InChI=1S/C11H12N2O/c1-12-7-10-11(13-8-14-10)9-5-3-2-4-6-9/h2-6,8,12H,7H2,1H3. The van der Waals surface area contributed by atoms with Crippen molar-refractivity contribution in [3.63, 3.8) is 0 Å². The van der Waals surface area contributed by atoms with Crippen LogP contribution in [0.25, 0.3) is 11.3 Å². The molecule has 0 amide bonds. The maximum atomic E-state index is 5.29.